The van der Waals surface area contributed by atoms with Crippen molar-refractivity contribution >= 4 is 56.8 Å². The lowest BCUT2D eigenvalue weighted by Gasteiger charge is -2.06. The van der Waals surface area contributed by atoms with Crippen molar-refractivity contribution in [1.82, 2.24) is 0 Å². The topological polar surface area (TPSA) is 99.3 Å². The normalized spacial score (nSPS) is 11.9. The molecule has 0 aliphatic carbocycles. The summed E-state index contributed by atoms with van der Waals surface area (Å²) in [7, 11) is -3.75. The summed E-state index contributed by atoms with van der Waals surface area (Å²) in [4.78, 5) is 8.88. The predicted molar refractivity (Wildman–Crippen MR) is 148 cm³/mol. The van der Waals surface area contributed by atoms with Crippen molar-refractivity contribution in [3.63, 3.8) is 0 Å². The highest BCUT2D eigenvalue weighted by Gasteiger charge is 2.17. The quantitative estimate of drug-likeness (QED) is 0.183. The molecule has 0 amide bonds. The number of aliphatic imine (C=N–C) groups is 2. The molecule has 9 heteroatoms. The maximum atomic E-state index is 13.1. The molecule has 0 saturated carbocycles. The van der Waals surface area contributed by atoms with E-state index in [4.69, 9.17) is 23.2 Å². The van der Waals surface area contributed by atoms with Gasteiger partial charge in [-0.05, 0) is 83.9 Å². The largest absolute Gasteiger partial charge is 0.507 e. The molecule has 4 aromatic rings. The van der Waals surface area contributed by atoms with Crippen molar-refractivity contribution in [3.05, 3.63) is 107 Å². The second kappa shape index (κ2) is 11.6. The average molecular weight is 553 g/mol. The van der Waals surface area contributed by atoms with Gasteiger partial charge >= 0.3 is 0 Å². The van der Waals surface area contributed by atoms with E-state index in [-0.39, 0.29) is 21.3 Å². The number of benzene rings is 4. The van der Waals surface area contributed by atoms with Gasteiger partial charge in [-0.3, -0.25) is 9.98 Å². The molecule has 0 aliphatic rings. The molecule has 0 atom stereocenters. The summed E-state index contributed by atoms with van der Waals surface area (Å²) in [5.74, 6) is 0.774. The number of nitrogens with zero attached hydrogens (tertiary/aromatic N) is 2. The molecule has 0 unspecified atom stereocenters. The number of sulfone groups is 1. The number of phenols is 2. The average Bonchev–Trinajstić information content (AvgIpc) is 2.92. The van der Waals surface area contributed by atoms with E-state index in [2.05, 4.69) is 9.98 Å². The fraction of sp³-hybridized carbons (Fsp3) is 0.0714. The minimum absolute atomic E-state index is 0.0742. The van der Waals surface area contributed by atoms with Gasteiger partial charge in [-0.25, -0.2) is 8.42 Å². The van der Waals surface area contributed by atoms with Gasteiger partial charge in [0.1, 0.15) is 11.5 Å². The monoisotopic (exact) mass is 552 g/mol. The summed E-state index contributed by atoms with van der Waals surface area (Å²) < 4.78 is 26.2. The molecule has 2 N–H and O–H groups in total. The van der Waals surface area contributed by atoms with E-state index < -0.39 is 9.84 Å². The van der Waals surface area contributed by atoms with Gasteiger partial charge in [0, 0.05) is 35.3 Å². The van der Waals surface area contributed by atoms with Crippen LogP contribution in [0.25, 0.3) is 0 Å². The minimum atomic E-state index is -3.75. The Balaban J connectivity index is 1.49. The number of rotatable bonds is 8. The third kappa shape index (κ3) is 6.38. The number of hydrogen-bond donors (Lipinski definition) is 2. The summed E-state index contributed by atoms with van der Waals surface area (Å²) in [5, 5.41) is 20.0. The molecule has 4 rings (SSSR count). The standard InChI is InChI=1S/C28H22Cl2N2O4S/c29-15-19-1-11-27(33)21(13-19)17-31-23-3-7-25(8-4-23)37(35,36)26-9-5-24(6-10-26)32-18-22-14-20(16-30)2-12-28(22)34/h1-14,17-18,33-34H,15-16H2. The molecule has 0 aliphatic heterocycles. The second-order valence-electron chi connectivity index (χ2n) is 8.06. The molecular weight excluding hydrogens is 531 g/mol. The van der Waals surface area contributed by atoms with E-state index in [0.29, 0.717) is 34.3 Å². The third-order valence-corrected chi connectivity index (χ3v) is 7.89. The molecule has 6 nitrogen and oxygen atoms in total. The van der Waals surface area contributed by atoms with Gasteiger partial charge in [0.2, 0.25) is 9.84 Å². The summed E-state index contributed by atoms with van der Waals surface area (Å²) in [6.07, 6.45) is 3.00. The second-order valence-corrected chi connectivity index (χ2v) is 10.5. The van der Waals surface area contributed by atoms with Gasteiger partial charge in [0.25, 0.3) is 0 Å². The van der Waals surface area contributed by atoms with Crippen LogP contribution in [0, 0.1) is 0 Å². The first-order valence-corrected chi connectivity index (χ1v) is 13.6. The predicted octanol–water partition coefficient (Wildman–Crippen LogP) is 6.91. The first-order valence-electron chi connectivity index (χ1n) is 11.1. The number of halogens is 2. The maximum Gasteiger partial charge on any atom is 0.206 e. The number of alkyl halides is 2. The third-order valence-electron chi connectivity index (χ3n) is 5.49. The molecular formula is C28H22Cl2N2O4S. The van der Waals surface area contributed by atoms with E-state index in [1.807, 2.05) is 0 Å². The van der Waals surface area contributed by atoms with Crippen LogP contribution in [0.15, 0.2) is 105 Å². The van der Waals surface area contributed by atoms with Gasteiger partial charge in [0.05, 0.1) is 21.2 Å². The van der Waals surface area contributed by atoms with Crippen LogP contribution in [-0.2, 0) is 21.6 Å². The first-order chi connectivity index (χ1) is 17.8. The Bertz CT molecular complexity index is 1450. The Morgan fingerprint density at radius 3 is 1.35 bits per heavy atom. The lowest BCUT2D eigenvalue weighted by Crippen LogP contribution is -2.01. The van der Waals surface area contributed by atoms with Crippen LogP contribution in [0.1, 0.15) is 22.3 Å². The van der Waals surface area contributed by atoms with Crippen LogP contribution in [-0.4, -0.2) is 31.1 Å². The zero-order valence-corrected chi connectivity index (χ0v) is 21.7. The molecule has 0 bridgehead atoms. The van der Waals surface area contributed by atoms with Crippen molar-refractivity contribution in [2.75, 3.05) is 0 Å². The maximum absolute atomic E-state index is 13.1. The van der Waals surface area contributed by atoms with E-state index in [1.54, 1.807) is 60.7 Å². The van der Waals surface area contributed by atoms with Crippen LogP contribution < -0.4 is 0 Å². The van der Waals surface area contributed by atoms with Gasteiger partial charge in [0.15, 0.2) is 0 Å². The summed E-state index contributed by atoms with van der Waals surface area (Å²) >= 11 is 11.7. The molecule has 0 heterocycles. The highest BCUT2D eigenvalue weighted by Crippen LogP contribution is 2.26. The van der Waals surface area contributed by atoms with Crippen molar-refractivity contribution < 1.29 is 18.6 Å². The van der Waals surface area contributed by atoms with Gasteiger partial charge in [-0.2, -0.15) is 0 Å². The van der Waals surface area contributed by atoms with Crippen LogP contribution in [0.5, 0.6) is 11.5 Å². The van der Waals surface area contributed by atoms with Crippen molar-refractivity contribution in [2.24, 2.45) is 9.98 Å². The van der Waals surface area contributed by atoms with Crippen LogP contribution in [0.3, 0.4) is 0 Å². The summed E-state index contributed by atoms with van der Waals surface area (Å²) in [6.45, 7) is 0. The molecule has 188 valence electrons. The highest BCUT2D eigenvalue weighted by molar-refractivity contribution is 7.91. The van der Waals surface area contributed by atoms with Crippen molar-refractivity contribution in [1.29, 1.82) is 0 Å². The molecule has 0 fully saturated rings. The molecule has 0 radical (unpaired) electrons. The van der Waals surface area contributed by atoms with Gasteiger partial charge in [-0.15, -0.1) is 23.2 Å². The zero-order valence-electron chi connectivity index (χ0n) is 19.4. The SMILES string of the molecule is O=S(=O)(c1ccc(N=Cc2cc(CCl)ccc2O)cc1)c1ccc(N=Cc2cc(CCl)ccc2O)cc1. The van der Waals surface area contributed by atoms with E-state index in [1.165, 1.54) is 36.7 Å². The molecule has 0 aromatic heterocycles. The lowest BCUT2D eigenvalue weighted by atomic mass is 10.1. The van der Waals surface area contributed by atoms with Crippen molar-refractivity contribution in [3.8, 4) is 11.5 Å². The Morgan fingerprint density at radius 2 is 1.00 bits per heavy atom. The Labute approximate surface area is 225 Å². The zero-order chi connectivity index (χ0) is 26.4. The number of aromatic hydroxyl groups is 2. The lowest BCUT2D eigenvalue weighted by molar-refractivity contribution is 0.474. The summed E-state index contributed by atoms with van der Waals surface area (Å²) in [6, 6.07) is 22.3. The van der Waals surface area contributed by atoms with Crippen LogP contribution >= 0.6 is 23.2 Å². The Morgan fingerprint density at radius 1 is 0.622 bits per heavy atom. The fourth-order valence-electron chi connectivity index (χ4n) is 3.43. The van der Waals surface area contributed by atoms with Crippen LogP contribution in [0.4, 0.5) is 11.4 Å². The summed E-state index contributed by atoms with van der Waals surface area (Å²) in [5.41, 5.74) is 3.77. The number of phenolic OH excluding ortho intramolecular Hbond substituents is 2. The molecule has 0 spiro atoms. The smallest absolute Gasteiger partial charge is 0.206 e. The Kier molecular flexibility index (Phi) is 8.28. The fourth-order valence-corrected chi connectivity index (χ4v) is 5.02. The molecule has 4 aromatic carbocycles. The van der Waals surface area contributed by atoms with E-state index in [9.17, 15) is 18.6 Å². The Hall–Kier alpha value is -3.65. The highest BCUT2D eigenvalue weighted by atomic mass is 35.5. The minimum Gasteiger partial charge on any atom is -0.507 e. The first kappa shape index (κ1) is 26.4. The van der Waals surface area contributed by atoms with E-state index >= 15 is 0 Å². The van der Waals surface area contributed by atoms with Crippen molar-refractivity contribution in [2.45, 2.75) is 21.6 Å². The van der Waals surface area contributed by atoms with E-state index in [0.717, 1.165) is 11.1 Å². The number of hydrogen-bond acceptors (Lipinski definition) is 6. The molecule has 37 heavy (non-hydrogen) atoms. The molecule has 0 saturated heterocycles. The van der Waals surface area contributed by atoms with Gasteiger partial charge < -0.3 is 10.2 Å². The van der Waals surface area contributed by atoms with Gasteiger partial charge in [-0.1, -0.05) is 12.1 Å². The van der Waals surface area contributed by atoms with Crippen LogP contribution in [0.2, 0.25) is 0 Å².